The molecule has 2 rings (SSSR count). The van der Waals surface area contributed by atoms with Crippen molar-refractivity contribution in [1.82, 2.24) is 10.6 Å². The molecule has 0 atom stereocenters. The third-order valence-electron chi connectivity index (χ3n) is 3.81. The number of halogens is 1. The van der Waals surface area contributed by atoms with Crippen LogP contribution in [0.1, 0.15) is 31.2 Å². The van der Waals surface area contributed by atoms with Crippen LogP contribution in [0.3, 0.4) is 0 Å². The van der Waals surface area contributed by atoms with Crippen LogP contribution in [-0.4, -0.2) is 25.0 Å². The molecule has 104 valence electrons. The van der Waals surface area contributed by atoms with Crippen molar-refractivity contribution in [2.45, 2.75) is 44.2 Å². The summed E-state index contributed by atoms with van der Waals surface area (Å²) in [6.45, 7) is 0. The third kappa shape index (κ3) is 4.32. The first-order valence-corrected chi connectivity index (χ1v) is 7.68. The number of carbonyl (C=O) groups excluding carboxylic acids is 1. The van der Waals surface area contributed by atoms with Gasteiger partial charge in [-0.15, -0.1) is 0 Å². The van der Waals surface area contributed by atoms with Gasteiger partial charge in [-0.3, -0.25) is 4.79 Å². The highest BCUT2D eigenvalue weighted by atomic mass is 79.9. The van der Waals surface area contributed by atoms with Crippen molar-refractivity contribution in [3.8, 4) is 0 Å². The molecule has 0 saturated heterocycles. The lowest BCUT2D eigenvalue weighted by molar-refractivity contribution is -0.121. The van der Waals surface area contributed by atoms with Gasteiger partial charge in [-0.05, 0) is 44.4 Å². The van der Waals surface area contributed by atoms with Crippen LogP contribution in [0.25, 0.3) is 0 Å². The summed E-state index contributed by atoms with van der Waals surface area (Å²) in [7, 11) is 2.01. The van der Waals surface area contributed by atoms with Gasteiger partial charge in [0.05, 0.1) is 6.42 Å². The summed E-state index contributed by atoms with van der Waals surface area (Å²) in [5, 5.41) is 6.46. The van der Waals surface area contributed by atoms with E-state index in [0.717, 1.165) is 35.7 Å². The van der Waals surface area contributed by atoms with Crippen molar-refractivity contribution in [2.24, 2.45) is 0 Å². The lowest BCUT2D eigenvalue weighted by Gasteiger charge is -2.28. The molecule has 3 nitrogen and oxygen atoms in total. The molecule has 1 amide bonds. The molecule has 1 aliphatic rings. The van der Waals surface area contributed by atoms with Gasteiger partial charge in [-0.2, -0.15) is 0 Å². The van der Waals surface area contributed by atoms with Crippen LogP contribution in [0, 0.1) is 0 Å². The Morgan fingerprint density at radius 3 is 2.47 bits per heavy atom. The van der Waals surface area contributed by atoms with Crippen LogP contribution in [0.5, 0.6) is 0 Å². The molecular formula is C15H21BrN2O. The molecule has 1 aromatic rings. The van der Waals surface area contributed by atoms with Gasteiger partial charge in [-0.1, -0.05) is 34.1 Å². The predicted octanol–water partition coefficient (Wildman–Crippen LogP) is 2.64. The van der Waals surface area contributed by atoms with Crippen molar-refractivity contribution >= 4 is 21.8 Å². The molecule has 19 heavy (non-hydrogen) atoms. The summed E-state index contributed by atoms with van der Waals surface area (Å²) in [5.41, 5.74) is 1.05. The van der Waals surface area contributed by atoms with E-state index in [9.17, 15) is 4.79 Å². The highest BCUT2D eigenvalue weighted by Gasteiger charge is 2.21. The second-order valence-electron chi connectivity index (χ2n) is 5.17. The van der Waals surface area contributed by atoms with Gasteiger partial charge >= 0.3 is 0 Å². The minimum absolute atomic E-state index is 0.125. The van der Waals surface area contributed by atoms with Crippen molar-refractivity contribution in [3.05, 3.63) is 34.3 Å². The minimum atomic E-state index is 0.125. The van der Waals surface area contributed by atoms with Crippen LogP contribution in [0.15, 0.2) is 28.7 Å². The molecule has 4 heteroatoms. The highest BCUT2D eigenvalue weighted by molar-refractivity contribution is 9.10. The Morgan fingerprint density at radius 1 is 1.21 bits per heavy atom. The number of carbonyl (C=O) groups is 1. The number of hydrogen-bond donors (Lipinski definition) is 2. The second-order valence-corrected chi connectivity index (χ2v) is 6.03. The molecule has 0 heterocycles. The second kappa shape index (κ2) is 7.06. The quantitative estimate of drug-likeness (QED) is 0.894. The summed E-state index contributed by atoms with van der Waals surface area (Å²) >= 11 is 3.48. The van der Waals surface area contributed by atoms with Crippen LogP contribution in [-0.2, 0) is 11.2 Å². The Bertz CT molecular complexity index is 428. The molecule has 0 bridgehead atoms. The topological polar surface area (TPSA) is 41.1 Å². The Labute approximate surface area is 123 Å². The van der Waals surface area contributed by atoms with E-state index in [-0.39, 0.29) is 5.91 Å². The largest absolute Gasteiger partial charge is 0.353 e. The summed E-state index contributed by atoms with van der Waals surface area (Å²) < 4.78 is 1.00. The summed E-state index contributed by atoms with van der Waals surface area (Å²) in [5.74, 6) is 0.125. The molecule has 2 N–H and O–H groups in total. The SMILES string of the molecule is CNC1CCC(NC(=O)Cc2ccccc2Br)CC1. The molecule has 0 spiro atoms. The van der Waals surface area contributed by atoms with Gasteiger partial charge < -0.3 is 10.6 Å². The average molecular weight is 325 g/mol. The predicted molar refractivity (Wildman–Crippen MR) is 81.1 cm³/mol. The van der Waals surface area contributed by atoms with Crippen molar-refractivity contribution < 1.29 is 4.79 Å². The number of amides is 1. The third-order valence-corrected chi connectivity index (χ3v) is 4.58. The van der Waals surface area contributed by atoms with Crippen LogP contribution in [0.2, 0.25) is 0 Å². The maximum atomic E-state index is 12.0. The zero-order valence-corrected chi connectivity index (χ0v) is 12.9. The smallest absolute Gasteiger partial charge is 0.224 e. The van der Waals surface area contributed by atoms with E-state index < -0.39 is 0 Å². The fourth-order valence-corrected chi connectivity index (χ4v) is 3.04. The number of hydrogen-bond acceptors (Lipinski definition) is 2. The number of nitrogens with one attached hydrogen (secondary N) is 2. The van der Waals surface area contributed by atoms with Crippen molar-refractivity contribution in [2.75, 3.05) is 7.05 Å². The molecule has 1 saturated carbocycles. The van der Waals surface area contributed by atoms with Gasteiger partial charge in [0.15, 0.2) is 0 Å². The molecule has 0 aromatic heterocycles. The zero-order valence-electron chi connectivity index (χ0n) is 11.3. The Morgan fingerprint density at radius 2 is 1.84 bits per heavy atom. The molecule has 1 fully saturated rings. The minimum Gasteiger partial charge on any atom is -0.353 e. The summed E-state index contributed by atoms with van der Waals surface area (Å²) in [6, 6.07) is 8.86. The van der Waals surface area contributed by atoms with E-state index in [1.807, 2.05) is 31.3 Å². The molecule has 1 aromatic carbocycles. The van der Waals surface area contributed by atoms with E-state index in [0.29, 0.717) is 18.5 Å². The average Bonchev–Trinajstić information content (AvgIpc) is 2.42. The Kier molecular flexibility index (Phi) is 5.40. The van der Waals surface area contributed by atoms with Crippen LogP contribution in [0.4, 0.5) is 0 Å². The summed E-state index contributed by atoms with van der Waals surface area (Å²) in [4.78, 5) is 12.0. The van der Waals surface area contributed by atoms with Crippen molar-refractivity contribution in [3.63, 3.8) is 0 Å². The maximum absolute atomic E-state index is 12.0. The first kappa shape index (κ1) is 14.5. The van der Waals surface area contributed by atoms with Gasteiger partial charge in [0.2, 0.25) is 5.91 Å². The van der Waals surface area contributed by atoms with Crippen LogP contribution >= 0.6 is 15.9 Å². The Hall–Kier alpha value is -0.870. The summed E-state index contributed by atoms with van der Waals surface area (Å²) in [6.07, 6.45) is 4.90. The van der Waals surface area contributed by atoms with Gasteiger partial charge in [0.1, 0.15) is 0 Å². The lowest BCUT2D eigenvalue weighted by Crippen LogP contribution is -2.41. The van der Waals surface area contributed by atoms with Gasteiger partial charge in [-0.25, -0.2) is 0 Å². The first-order valence-electron chi connectivity index (χ1n) is 6.89. The van der Waals surface area contributed by atoms with E-state index in [1.54, 1.807) is 0 Å². The van der Waals surface area contributed by atoms with Crippen molar-refractivity contribution in [1.29, 1.82) is 0 Å². The van der Waals surface area contributed by atoms with Gasteiger partial charge in [0.25, 0.3) is 0 Å². The van der Waals surface area contributed by atoms with E-state index in [1.165, 1.54) is 0 Å². The fraction of sp³-hybridized carbons (Fsp3) is 0.533. The standard InChI is InChI=1S/C15H21BrN2O/c1-17-12-6-8-13(9-7-12)18-15(19)10-11-4-2-3-5-14(11)16/h2-5,12-13,17H,6-10H2,1H3,(H,18,19). The van der Waals surface area contributed by atoms with Gasteiger partial charge in [0, 0.05) is 16.6 Å². The number of rotatable bonds is 4. The lowest BCUT2D eigenvalue weighted by atomic mass is 9.91. The number of benzene rings is 1. The maximum Gasteiger partial charge on any atom is 0.224 e. The zero-order chi connectivity index (χ0) is 13.7. The molecule has 1 aliphatic carbocycles. The molecular weight excluding hydrogens is 304 g/mol. The normalized spacial score (nSPS) is 23.1. The molecule has 0 radical (unpaired) electrons. The highest BCUT2D eigenvalue weighted by Crippen LogP contribution is 2.19. The monoisotopic (exact) mass is 324 g/mol. The van der Waals surface area contributed by atoms with Crippen LogP contribution < -0.4 is 10.6 Å². The fourth-order valence-electron chi connectivity index (χ4n) is 2.62. The molecule has 0 unspecified atom stereocenters. The van der Waals surface area contributed by atoms with E-state index in [2.05, 4.69) is 26.6 Å². The molecule has 0 aliphatic heterocycles. The van der Waals surface area contributed by atoms with E-state index in [4.69, 9.17) is 0 Å². The Balaban J connectivity index is 1.81. The first-order chi connectivity index (χ1) is 9.19. The van der Waals surface area contributed by atoms with E-state index >= 15 is 0 Å².